The zero-order valence-corrected chi connectivity index (χ0v) is 18.4. The number of nitrogens with two attached hydrogens (primary N) is 2. The molecule has 0 aromatic carbocycles. The van der Waals surface area contributed by atoms with E-state index < -0.39 is 23.7 Å². The molecule has 0 radical (unpaired) electrons. The average Bonchev–Trinajstić information content (AvgIpc) is 3.26. The number of aliphatic hydroxyl groups excluding tert-OH is 1. The van der Waals surface area contributed by atoms with Crippen molar-refractivity contribution in [1.29, 1.82) is 0 Å². The monoisotopic (exact) mass is 421 g/mol. The highest BCUT2D eigenvalue weighted by atomic mass is 16.3. The molecule has 8 nitrogen and oxygen atoms in total. The van der Waals surface area contributed by atoms with Gasteiger partial charge in [-0.15, -0.1) is 0 Å². The normalized spacial score (nSPS) is 20.3. The number of carbonyl (C=O) groups excluding carboxylic acids is 2. The molecule has 170 valence electrons. The first-order chi connectivity index (χ1) is 14.3. The summed E-state index contributed by atoms with van der Waals surface area (Å²) in [5.74, 6) is -0.761. The molecule has 1 fully saturated rings. The van der Waals surface area contributed by atoms with Crippen LogP contribution in [-0.4, -0.2) is 51.5 Å². The summed E-state index contributed by atoms with van der Waals surface area (Å²) in [4.78, 5) is 32.9. The Morgan fingerprint density at radius 1 is 1.37 bits per heavy atom. The lowest BCUT2D eigenvalue weighted by Crippen LogP contribution is -2.67. The number of carbonyl (C=O) groups is 2. The van der Waals surface area contributed by atoms with Crippen molar-refractivity contribution in [3.63, 3.8) is 0 Å². The quantitative estimate of drug-likeness (QED) is 0.303. The fourth-order valence-corrected chi connectivity index (χ4v) is 4.64. The van der Waals surface area contributed by atoms with Gasteiger partial charge in [0, 0.05) is 24.7 Å². The molecular weight excluding hydrogens is 382 g/mol. The number of H-pyrrole nitrogens is 1. The van der Waals surface area contributed by atoms with Gasteiger partial charge in [-0.3, -0.25) is 14.9 Å². The number of nitrogens with one attached hydrogen (secondary N) is 2. The summed E-state index contributed by atoms with van der Waals surface area (Å²) in [6.45, 7) is 1.82. The zero-order valence-electron chi connectivity index (χ0n) is 18.4. The largest absolute Gasteiger partial charge is 0.393 e. The van der Waals surface area contributed by atoms with Crippen LogP contribution >= 0.6 is 0 Å². The molecule has 1 aliphatic carbocycles. The topological polar surface area (TPSA) is 147 Å². The fourth-order valence-electron chi connectivity index (χ4n) is 4.64. The number of nitrogens with zero attached hydrogens (tertiary/aromatic N) is 1. The van der Waals surface area contributed by atoms with E-state index in [0.29, 0.717) is 25.2 Å². The van der Waals surface area contributed by atoms with Gasteiger partial charge in [0.1, 0.15) is 5.66 Å². The van der Waals surface area contributed by atoms with Gasteiger partial charge in [0.25, 0.3) is 0 Å². The van der Waals surface area contributed by atoms with Gasteiger partial charge in [-0.1, -0.05) is 39.0 Å². The number of hydrogen-bond acceptors (Lipinski definition) is 7. The number of aliphatic hydroxyl groups is 1. The predicted octanol–water partition coefficient (Wildman–Crippen LogP) is 1.43. The van der Waals surface area contributed by atoms with Crippen molar-refractivity contribution in [3.05, 3.63) is 18.2 Å². The summed E-state index contributed by atoms with van der Waals surface area (Å²) in [6.07, 6.45) is 10.7. The minimum absolute atomic E-state index is 0.0658. The summed E-state index contributed by atoms with van der Waals surface area (Å²) in [5.41, 5.74) is 11.8. The van der Waals surface area contributed by atoms with Gasteiger partial charge in [-0.2, -0.15) is 0 Å². The Morgan fingerprint density at radius 2 is 2.07 bits per heavy atom. The first kappa shape index (κ1) is 24.7. The average molecular weight is 422 g/mol. The van der Waals surface area contributed by atoms with E-state index in [0.717, 1.165) is 12.1 Å². The third-order valence-corrected chi connectivity index (χ3v) is 6.59. The second-order valence-electron chi connectivity index (χ2n) is 8.73. The van der Waals surface area contributed by atoms with Crippen LogP contribution in [0.4, 0.5) is 0 Å². The molecule has 1 aliphatic rings. The molecule has 0 spiro atoms. The minimum atomic E-state index is -1.55. The number of aromatic nitrogens is 2. The van der Waals surface area contributed by atoms with Crippen LogP contribution in [0, 0.1) is 11.8 Å². The maximum Gasteiger partial charge on any atom is 0.170 e. The zero-order chi connectivity index (χ0) is 22.1. The highest BCUT2D eigenvalue weighted by molar-refractivity contribution is 5.97. The molecule has 3 unspecified atom stereocenters. The van der Waals surface area contributed by atoms with E-state index in [1.807, 2.05) is 6.92 Å². The lowest BCUT2D eigenvalue weighted by atomic mass is 9.79. The molecule has 1 aromatic heterocycles. The van der Waals surface area contributed by atoms with Crippen LogP contribution in [0.1, 0.15) is 70.4 Å². The van der Waals surface area contributed by atoms with Gasteiger partial charge in [-0.05, 0) is 32.2 Å². The van der Waals surface area contributed by atoms with Crippen LogP contribution in [0.3, 0.4) is 0 Å². The Bertz CT molecular complexity index is 660. The summed E-state index contributed by atoms with van der Waals surface area (Å²) in [6, 6.07) is -0.796. The first-order valence-corrected chi connectivity index (χ1v) is 11.3. The van der Waals surface area contributed by atoms with E-state index in [1.54, 1.807) is 13.2 Å². The van der Waals surface area contributed by atoms with Gasteiger partial charge < -0.3 is 21.6 Å². The van der Waals surface area contributed by atoms with Crippen molar-refractivity contribution >= 4 is 11.6 Å². The van der Waals surface area contributed by atoms with E-state index >= 15 is 0 Å². The van der Waals surface area contributed by atoms with Gasteiger partial charge in [0.2, 0.25) is 0 Å². The second kappa shape index (κ2) is 11.7. The number of Topliss-reactive ketones (excluding diaryl/α,β-unsaturated/α-hetero) is 2. The maximum absolute atomic E-state index is 13.0. The van der Waals surface area contributed by atoms with Crippen LogP contribution in [0.2, 0.25) is 0 Å². The smallest absolute Gasteiger partial charge is 0.170 e. The van der Waals surface area contributed by atoms with Crippen LogP contribution in [0.25, 0.3) is 0 Å². The second-order valence-corrected chi connectivity index (χ2v) is 8.73. The van der Waals surface area contributed by atoms with Crippen molar-refractivity contribution < 1.29 is 14.7 Å². The Morgan fingerprint density at radius 3 is 2.63 bits per heavy atom. The number of hydrogen-bond donors (Lipinski definition) is 5. The fraction of sp³-hybridized carbons (Fsp3) is 0.773. The molecule has 8 heteroatoms. The minimum Gasteiger partial charge on any atom is -0.393 e. The maximum atomic E-state index is 13.0. The van der Waals surface area contributed by atoms with Crippen molar-refractivity contribution in [2.24, 2.45) is 23.3 Å². The predicted molar refractivity (Wildman–Crippen MR) is 116 cm³/mol. The molecule has 30 heavy (non-hydrogen) atoms. The van der Waals surface area contributed by atoms with Crippen molar-refractivity contribution in [1.82, 2.24) is 15.3 Å². The van der Waals surface area contributed by atoms with E-state index in [4.69, 9.17) is 11.5 Å². The molecule has 2 rings (SSSR count). The molecule has 4 atom stereocenters. The number of aromatic amines is 1. The summed E-state index contributed by atoms with van der Waals surface area (Å²) in [7, 11) is 1.57. The molecular formula is C22H39N5O3. The molecule has 0 bridgehead atoms. The molecule has 1 heterocycles. The lowest BCUT2D eigenvalue weighted by Gasteiger charge is -2.36. The Hall–Kier alpha value is -1.61. The number of ketones is 2. The van der Waals surface area contributed by atoms with Crippen LogP contribution in [-0.2, 0) is 16.0 Å². The number of rotatable bonds is 13. The third-order valence-electron chi connectivity index (χ3n) is 6.59. The van der Waals surface area contributed by atoms with E-state index in [9.17, 15) is 14.7 Å². The van der Waals surface area contributed by atoms with Crippen molar-refractivity contribution in [2.45, 2.75) is 88.9 Å². The third kappa shape index (κ3) is 6.44. The SMILES string of the molecule is CCC(C(=O)[C@@H](N)Cc1cnc[nH]1)C(N)(NC)C(=O)CC(O)CCC1CCCCC1. The summed E-state index contributed by atoms with van der Waals surface area (Å²) >= 11 is 0. The Labute approximate surface area is 179 Å². The van der Waals surface area contributed by atoms with Crippen molar-refractivity contribution in [3.8, 4) is 0 Å². The van der Waals surface area contributed by atoms with Gasteiger partial charge >= 0.3 is 0 Å². The van der Waals surface area contributed by atoms with Crippen LogP contribution < -0.4 is 16.8 Å². The Balaban J connectivity index is 1.96. The van der Waals surface area contributed by atoms with Gasteiger partial charge in [0.15, 0.2) is 11.6 Å². The van der Waals surface area contributed by atoms with E-state index in [-0.39, 0.29) is 18.0 Å². The Kier molecular flexibility index (Phi) is 9.61. The summed E-state index contributed by atoms with van der Waals surface area (Å²) in [5, 5.41) is 13.3. The molecule has 7 N–H and O–H groups in total. The van der Waals surface area contributed by atoms with Gasteiger partial charge in [-0.25, -0.2) is 4.98 Å². The van der Waals surface area contributed by atoms with Crippen LogP contribution in [0.15, 0.2) is 12.5 Å². The molecule has 0 amide bonds. The van der Waals surface area contributed by atoms with Crippen molar-refractivity contribution in [2.75, 3.05) is 7.05 Å². The molecule has 0 aliphatic heterocycles. The number of imidazole rings is 1. The standard InChI is InChI=1S/C22H39N5O3/c1-3-18(21(30)19(23)11-16-13-26-14-27-16)22(24,25-2)20(29)12-17(28)10-9-15-7-5-4-6-8-15/h13-15,17-19,25,28H,3-12,23-24H2,1-2H3,(H,26,27)/t17?,18?,19-,22?/m0/s1. The molecule has 1 aromatic rings. The van der Waals surface area contributed by atoms with Gasteiger partial charge in [0.05, 0.1) is 24.4 Å². The summed E-state index contributed by atoms with van der Waals surface area (Å²) < 4.78 is 0. The lowest BCUT2D eigenvalue weighted by molar-refractivity contribution is -0.137. The highest BCUT2D eigenvalue weighted by Crippen LogP contribution is 2.29. The van der Waals surface area contributed by atoms with Crippen LogP contribution in [0.5, 0.6) is 0 Å². The van der Waals surface area contributed by atoms with E-state index in [2.05, 4.69) is 15.3 Å². The molecule has 0 saturated heterocycles. The molecule has 1 saturated carbocycles. The highest BCUT2D eigenvalue weighted by Gasteiger charge is 2.45. The van der Waals surface area contributed by atoms with E-state index in [1.165, 1.54) is 38.4 Å². The number of likely N-dealkylation sites (N-methyl/N-ethyl adjacent to an activating group) is 1. The first-order valence-electron chi connectivity index (χ1n) is 11.3.